The summed E-state index contributed by atoms with van der Waals surface area (Å²) in [6, 6.07) is 15.2. The van der Waals surface area contributed by atoms with E-state index in [0.717, 1.165) is 32.7 Å². The second-order valence-electron chi connectivity index (χ2n) is 4.66. The van der Waals surface area contributed by atoms with Crippen molar-refractivity contribution in [3.63, 3.8) is 0 Å². The lowest BCUT2D eigenvalue weighted by Crippen LogP contribution is -2.42. The summed E-state index contributed by atoms with van der Waals surface area (Å²) in [5.41, 5.74) is 4.20. The van der Waals surface area contributed by atoms with Crippen molar-refractivity contribution in [1.29, 1.82) is 0 Å². The molecule has 1 saturated heterocycles. The minimum atomic E-state index is 1.08. The molecule has 3 aliphatic rings. The van der Waals surface area contributed by atoms with Gasteiger partial charge in [-0.15, -0.1) is 0 Å². The van der Waals surface area contributed by atoms with Crippen LogP contribution < -0.4 is 5.32 Å². The van der Waals surface area contributed by atoms with Crippen LogP contribution in [0.4, 0.5) is 0 Å². The molecule has 0 amide bonds. The second kappa shape index (κ2) is 4.86. The summed E-state index contributed by atoms with van der Waals surface area (Å²) in [7, 11) is 0. The third-order valence-corrected chi connectivity index (χ3v) is 3.49. The van der Waals surface area contributed by atoms with Crippen LogP contribution in [0.5, 0.6) is 0 Å². The SMILES string of the molecule is c1ccc2ccc(CN3CCNCC3)c-2cc1. The number of fused-ring (bicyclic) bond motifs is 1. The highest BCUT2D eigenvalue weighted by molar-refractivity contribution is 5.70. The largest absolute Gasteiger partial charge is 0.314 e. The third kappa shape index (κ3) is 2.33. The van der Waals surface area contributed by atoms with Gasteiger partial charge < -0.3 is 5.32 Å². The van der Waals surface area contributed by atoms with E-state index in [4.69, 9.17) is 0 Å². The maximum Gasteiger partial charge on any atom is 0.0240 e. The number of hydrogen-bond donors (Lipinski definition) is 1. The van der Waals surface area contributed by atoms with Gasteiger partial charge in [0, 0.05) is 32.7 Å². The topological polar surface area (TPSA) is 15.3 Å². The van der Waals surface area contributed by atoms with Crippen LogP contribution in [0.15, 0.2) is 42.5 Å². The molecule has 3 rings (SSSR count). The van der Waals surface area contributed by atoms with Crippen LogP contribution in [0.2, 0.25) is 0 Å². The van der Waals surface area contributed by atoms with Crippen molar-refractivity contribution in [2.45, 2.75) is 6.54 Å². The van der Waals surface area contributed by atoms with Crippen molar-refractivity contribution in [3.05, 3.63) is 48.0 Å². The summed E-state index contributed by atoms with van der Waals surface area (Å²) in [6.07, 6.45) is 0. The molecular weight excluding hydrogens is 208 g/mol. The Labute approximate surface area is 103 Å². The lowest BCUT2D eigenvalue weighted by atomic mass is 10.1. The Kier molecular flexibility index (Phi) is 3.08. The smallest absolute Gasteiger partial charge is 0.0240 e. The fraction of sp³-hybridized carbons (Fsp3) is 0.333. The molecule has 0 bridgehead atoms. The zero-order valence-corrected chi connectivity index (χ0v) is 10.0. The fourth-order valence-electron chi connectivity index (χ4n) is 2.53. The molecule has 0 saturated carbocycles. The molecule has 2 nitrogen and oxygen atoms in total. The predicted molar refractivity (Wildman–Crippen MR) is 71.2 cm³/mol. The molecule has 17 heavy (non-hydrogen) atoms. The molecule has 0 radical (unpaired) electrons. The Morgan fingerprint density at radius 2 is 1.76 bits per heavy atom. The number of rotatable bonds is 2. The molecule has 0 unspecified atom stereocenters. The normalized spacial score (nSPS) is 17.4. The molecule has 2 heteroatoms. The van der Waals surface area contributed by atoms with Gasteiger partial charge in [0.25, 0.3) is 0 Å². The van der Waals surface area contributed by atoms with Gasteiger partial charge in [0.2, 0.25) is 0 Å². The van der Waals surface area contributed by atoms with E-state index in [9.17, 15) is 0 Å². The molecule has 0 spiro atoms. The number of hydrogen-bond acceptors (Lipinski definition) is 2. The Bertz CT molecular complexity index is 460. The van der Waals surface area contributed by atoms with Crippen molar-refractivity contribution in [3.8, 4) is 11.1 Å². The summed E-state index contributed by atoms with van der Waals surface area (Å²) >= 11 is 0. The minimum Gasteiger partial charge on any atom is -0.314 e. The molecular formula is C15H18N2. The van der Waals surface area contributed by atoms with E-state index in [-0.39, 0.29) is 0 Å². The summed E-state index contributed by atoms with van der Waals surface area (Å²) in [5, 5.41) is 3.39. The number of piperazine rings is 1. The number of nitrogens with one attached hydrogen (secondary N) is 1. The second-order valence-corrected chi connectivity index (χ2v) is 4.66. The summed E-state index contributed by atoms with van der Waals surface area (Å²) in [4.78, 5) is 2.53. The van der Waals surface area contributed by atoms with Gasteiger partial charge in [0.1, 0.15) is 0 Å². The van der Waals surface area contributed by atoms with Crippen molar-refractivity contribution < 1.29 is 0 Å². The van der Waals surface area contributed by atoms with Crippen molar-refractivity contribution in [2.75, 3.05) is 26.2 Å². The zero-order chi connectivity index (χ0) is 11.5. The van der Waals surface area contributed by atoms with Gasteiger partial charge in [-0.3, -0.25) is 4.90 Å². The predicted octanol–water partition coefficient (Wildman–Crippen LogP) is 2.20. The molecule has 0 atom stereocenters. The van der Waals surface area contributed by atoms with E-state index in [1.807, 2.05) is 0 Å². The first kappa shape index (κ1) is 10.8. The van der Waals surface area contributed by atoms with Crippen LogP contribution in [0.3, 0.4) is 0 Å². The molecule has 0 aromatic heterocycles. The molecule has 1 fully saturated rings. The summed E-state index contributed by atoms with van der Waals surface area (Å²) in [6.45, 7) is 5.63. The summed E-state index contributed by atoms with van der Waals surface area (Å²) < 4.78 is 0. The first-order valence-electron chi connectivity index (χ1n) is 6.33. The highest BCUT2D eigenvalue weighted by atomic mass is 15.2. The zero-order valence-electron chi connectivity index (χ0n) is 10.0. The maximum absolute atomic E-state index is 3.39. The van der Waals surface area contributed by atoms with Crippen LogP contribution in [-0.2, 0) is 6.54 Å². The van der Waals surface area contributed by atoms with E-state index < -0.39 is 0 Å². The monoisotopic (exact) mass is 226 g/mol. The third-order valence-electron chi connectivity index (χ3n) is 3.49. The highest BCUT2D eigenvalue weighted by Crippen LogP contribution is 2.27. The Balaban J connectivity index is 1.82. The fourth-order valence-corrected chi connectivity index (χ4v) is 2.53. The van der Waals surface area contributed by atoms with Crippen LogP contribution in [0.25, 0.3) is 11.1 Å². The van der Waals surface area contributed by atoms with Crippen molar-refractivity contribution in [1.82, 2.24) is 10.2 Å². The highest BCUT2D eigenvalue weighted by Gasteiger charge is 2.13. The maximum atomic E-state index is 3.39. The Morgan fingerprint density at radius 3 is 2.65 bits per heavy atom. The molecule has 1 aliphatic heterocycles. The van der Waals surface area contributed by atoms with Gasteiger partial charge in [-0.1, -0.05) is 42.5 Å². The first-order valence-corrected chi connectivity index (χ1v) is 6.33. The van der Waals surface area contributed by atoms with E-state index in [0.29, 0.717) is 0 Å². The van der Waals surface area contributed by atoms with Gasteiger partial charge in [-0.25, -0.2) is 0 Å². The van der Waals surface area contributed by atoms with E-state index in [2.05, 4.69) is 52.7 Å². The van der Waals surface area contributed by atoms with Crippen LogP contribution >= 0.6 is 0 Å². The lowest BCUT2D eigenvalue weighted by molar-refractivity contribution is 0.233. The van der Waals surface area contributed by atoms with Crippen LogP contribution in [0, 0.1) is 0 Å². The molecule has 88 valence electrons. The Hall–Kier alpha value is -1.38. The minimum absolute atomic E-state index is 1.08. The van der Waals surface area contributed by atoms with Gasteiger partial charge in [0.15, 0.2) is 0 Å². The molecule has 0 aromatic carbocycles. The van der Waals surface area contributed by atoms with E-state index in [1.54, 1.807) is 0 Å². The summed E-state index contributed by atoms with van der Waals surface area (Å²) in [5.74, 6) is 0. The standard InChI is InChI=1S/C15H18N2/c1-2-4-13-6-7-14(15(13)5-3-1)12-17-10-8-16-9-11-17/h1-7,16H,8-12H2. The van der Waals surface area contributed by atoms with Crippen LogP contribution in [-0.4, -0.2) is 31.1 Å². The van der Waals surface area contributed by atoms with E-state index in [1.165, 1.54) is 16.7 Å². The van der Waals surface area contributed by atoms with Gasteiger partial charge in [-0.2, -0.15) is 0 Å². The van der Waals surface area contributed by atoms with Crippen molar-refractivity contribution >= 4 is 0 Å². The van der Waals surface area contributed by atoms with Gasteiger partial charge in [0.05, 0.1) is 0 Å². The quantitative estimate of drug-likeness (QED) is 0.844. The van der Waals surface area contributed by atoms with Gasteiger partial charge in [-0.05, 0) is 16.7 Å². The molecule has 2 aliphatic carbocycles. The number of nitrogens with zero attached hydrogens (tertiary/aromatic N) is 1. The average Bonchev–Trinajstić information content (AvgIpc) is 2.61. The molecule has 1 N–H and O–H groups in total. The average molecular weight is 226 g/mol. The van der Waals surface area contributed by atoms with E-state index >= 15 is 0 Å². The van der Waals surface area contributed by atoms with Crippen molar-refractivity contribution in [2.24, 2.45) is 0 Å². The Morgan fingerprint density at radius 1 is 0.941 bits per heavy atom. The lowest BCUT2D eigenvalue weighted by Gasteiger charge is -2.27. The molecule has 0 aromatic rings. The van der Waals surface area contributed by atoms with Crippen LogP contribution in [0.1, 0.15) is 5.56 Å². The first-order chi connectivity index (χ1) is 8.43. The molecule has 1 heterocycles. The van der Waals surface area contributed by atoms with Gasteiger partial charge >= 0.3 is 0 Å².